The zero-order valence-corrected chi connectivity index (χ0v) is 10.4. The summed E-state index contributed by atoms with van der Waals surface area (Å²) < 4.78 is 10.5. The first-order valence-electron chi connectivity index (χ1n) is 5.57. The molecule has 1 aromatic rings. The van der Waals surface area contributed by atoms with Crippen LogP contribution in [0.25, 0.3) is 0 Å². The number of carboxylic acid groups (broad SMARTS) is 1. The fraction of sp³-hybridized carbons (Fsp3) is 0.500. The molecule has 0 bridgehead atoms. The van der Waals surface area contributed by atoms with Crippen molar-refractivity contribution in [1.29, 1.82) is 0 Å². The normalized spacial score (nSPS) is 30.3. The first-order chi connectivity index (χ1) is 9.11. The van der Waals surface area contributed by atoms with Crippen LogP contribution in [-0.4, -0.2) is 57.7 Å². The molecular formula is C10H10ClN3O5. The minimum Gasteiger partial charge on any atom is -0.477 e. The van der Waals surface area contributed by atoms with Crippen LogP contribution < -0.4 is 4.84 Å². The number of carboxylic acids is 1. The zero-order chi connectivity index (χ0) is 13.4. The molecule has 0 aromatic carbocycles. The fourth-order valence-electron chi connectivity index (χ4n) is 2.02. The second kappa shape index (κ2) is 4.89. The molecule has 2 aliphatic rings. The van der Waals surface area contributed by atoms with E-state index in [9.17, 15) is 4.79 Å². The summed E-state index contributed by atoms with van der Waals surface area (Å²) in [5.74, 6) is -0.806. The van der Waals surface area contributed by atoms with E-state index in [0.717, 1.165) is 0 Å². The minimum atomic E-state index is -1.19. The smallest absolute Gasteiger partial charge is 0.361 e. The van der Waals surface area contributed by atoms with Crippen molar-refractivity contribution >= 4 is 17.6 Å². The van der Waals surface area contributed by atoms with Gasteiger partial charge in [0, 0.05) is 12.3 Å². The summed E-state index contributed by atoms with van der Waals surface area (Å²) in [5, 5.41) is 10.5. The largest absolute Gasteiger partial charge is 0.477 e. The molecule has 0 amide bonds. The molecule has 2 fully saturated rings. The summed E-state index contributed by atoms with van der Waals surface area (Å²) in [4.78, 5) is 23.8. The van der Waals surface area contributed by atoms with Crippen LogP contribution >= 0.6 is 11.6 Å². The van der Waals surface area contributed by atoms with E-state index < -0.39 is 12.3 Å². The van der Waals surface area contributed by atoms with E-state index in [2.05, 4.69) is 9.97 Å². The highest BCUT2D eigenvalue weighted by atomic mass is 35.5. The van der Waals surface area contributed by atoms with Gasteiger partial charge in [0.15, 0.2) is 0 Å². The van der Waals surface area contributed by atoms with Crippen molar-refractivity contribution in [2.24, 2.45) is 0 Å². The van der Waals surface area contributed by atoms with Crippen LogP contribution in [0, 0.1) is 0 Å². The Bertz CT molecular complexity index is 488. The molecule has 1 aromatic heterocycles. The Morgan fingerprint density at radius 2 is 2.16 bits per heavy atom. The van der Waals surface area contributed by atoms with Crippen LogP contribution in [0.1, 0.15) is 0 Å². The predicted octanol–water partition coefficient (Wildman–Crippen LogP) is -0.0659. The quantitative estimate of drug-likeness (QED) is 0.772. The number of fused-ring (bicyclic) bond motifs is 1. The number of hydrogen-bond donors (Lipinski definition) is 1. The molecule has 8 nitrogen and oxygen atoms in total. The number of ether oxygens (including phenoxy) is 2. The van der Waals surface area contributed by atoms with Gasteiger partial charge >= 0.3 is 5.97 Å². The number of hydroxylamine groups is 2. The molecule has 1 N–H and O–H groups in total. The molecule has 2 unspecified atom stereocenters. The van der Waals surface area contributed by atoms with E-state index in [1.165, 1.54) is 6.20 Å². The third kappa shape index (κ3) is 2.61. The Kier molecular flexibility index (Phi) is 3.23. The standard InChI is InChI=1S/C10H10ClN3O5/c11-10-12-2-1-7(13-10)19-14-3-5-6(4-14)18-9(17-5)8(15)16/h1-2,5-6,9H,3-4H2,(H,15,16). The summed E-state index contributed by atoms with van der Waals surface area (Å²) >= 11 is 5.64. The molecule has 9 heteroatoms. The second-order valence-corrected chi connectivity index (χ2v) is 4.46. The van der Waals surface area contributed by atoms with Crippen LogP contribution in [0.15, 0.2) is 12.3 Å². The van der Waals surface area contributed by atoms with Gasteiger partial charge in [-0.25, -0.2) is 9.78 Å². The summed E-state index contributed by atoms with van der Waals surface area (Å²) in [6, 6.07) is 1.57. The average molecular weight is 288 g/mol. The highest BCUT2D eigenvalue weighted by molar-refractivity contribution is 6.28. The lowest BCUT2D eigenvalue weighted by molar-refractivity contribution is -0.176. The van der Waals surface area contributed by atoms with Crippen LogP contribution in [-0.2, 0) is 14.3 Å². The summed E-state index contributed by atoms with van der Waals surface area (Å²) in [7, 11) is 0. The zero-order valence-electron chi connectivity index (χ0n) is 9.60. The predicted molar refractivity (Wildman–Crippen MR) is 60.4 cm³/mol. The van der Waals surface area contributed by atoms with Crippen LogP contribution in [0.3, 0.4) is 0 Å². The molecule has 2 aliphatic heterocycles. The molecule has 102 valence electrons. The number of carbonyl (C=O) groups is 1. The summed E-state index contributed by atoms with van der Waals surface area (Å²) in [6.45, 7) is 0.798. The Morgan fingerprint density at radius 1 is 1.47 bits per heavy atom. The molecule has 0 aliphatic carbocycles. The van der Waals surface area contributed by atoms with Gasteiger partial charge in [-0.15, -0.1) is 5.06 Å². The molecule has 2 atom stereocenters. The Labute approximate surface area is 112 Å². The Hall–Kier alpha value is -1.48. The van der Waals surface area contributed by atoms with Crippen molar-refractivity contribution in [2.45, 2.75) is 18.5 Å². The number of halogens is 1. The van der Waals surface area contributed by atoms with Gasteiger partial charge in [-0.1, -0.05) is 0 Å². The molecule has 0 radical (unpaired) electrons. The van der Waals surface area contributed by atoms with Gasteiger partial charge in [-0.2, -0.15) is 4.98 Å². The van der Waals surface area contributed by atoms with Crippen molar-refractivity contribution in [3.8, 4) is 5.88 Å². The maximum atomic E-state index is 10.7. The van der Waals surface area contributed by atoms with Gasteiger partial charge in [0.05, 0.1) is 13.1 Å². The maximum Gasteiger partial charge on any atom is 0.361 e. The van der Waals surface area contributed by atoms with E-state index in [4.69, 9.17) is 31.0 Å². The van der Waals surface area contributed by atoms with Gasteiger partial charge in [0.1, 0.15) is 12.2 Å². The lowest BCUT2D eigenvalue weighted by Gasteiger charge is -2.17. The van der Waals surface area contributed by atoms with Crippen LogP contribution in [0.2, 0.25) is 5.28 Å². The Morgan fingerprint density at radius 3 is 2.74 bits per heavy atom. The molecule has 3 rings (SSSR count). The van der Waals surface area contributed by atoms with Crippen molar-refractivity contribution in [3.63, 3.8) is 0 Å². The van der Waals surface area contributed by atoms with Crippen molar-refractivity contribution < 1.29 is 24.2 Å². The third-order valence-corrected chi connectivity index (χ3v) is 2.99. The van der Waals surface area contributed by atoms with Crippen LogP contribution in [0.4, 0.5) is 0 Å². The fourth-order valence-corrected chi connectivity index (χ4v) is 2.16. The van der Waals surface area contributed by atoms with Gasteiger partial charge < -0.3 is 19.4 Å². The second-order valence-electron chi connectivity index (χ2n) is 4.12. The molecular weight excluding hydrogens is 278 g/mol. The molecule has 3 heterocycles. The van der Waals surface area contributed by atoms with E-state index >= 15 is 0 Å². The maximum absolute atomic E-state index is 10.7. The third-order valence-electron chi connectivity index (χ3n) is 2.80. The molecule has 2 saturated heterocycles. The van der Waals surface area contributed by atoms with E-state index in [1.54, 1.807) is 11.1 Å². The highest BCUT2D eigenvalue weighted by Crippen LogP contribution is 2.27. The van der Waals surface area contributed by atoms with Crippen molar-refractivity contribution in [3.05, 3.63) is 17.5 Å². The minimum absolute atomic E-state index is 0.0929. The van der Waals surface area contributed by atoms with Crippen molar-refractivity contribution in [1.82, 2.24) is 15.0 Å². The molecule has 19 heavy (non-hydrogen) atoms. The number of nitrogens with zero attached hydrogens (tertiary/aromatic N) is 3. The topological polar surface area (TPSA) is 94.0 Å². The number of rotatable bonds is 3. The van der Waals surface area contributed by atoms with Crippen LogP contribution in [0.5, 0.6) is 5.88 Å². The van der Waals surface area contributed by atoms with Crippen molar-refractivity contribution in [2.75, 3.05) is 13.1 Å². The SMILES string of the molecule is O=C(O)C1OC2CN(Oc3ccnc(Cl)n3)CC2O1. The summed E-state index contributed by atoms with van der Waals surface area (Å²) in [5.41, 5.74) is 0. The number of aromatic nitrogens is 2. The van der Waals surface area contributed by atoms with Gasteiger partial charge in [-0.3, -0.25) is 0 Å². The molecule has 0 spiro atoms. The monoisotopic (exact) mass is 287 g/mol. The molecule has 0 saturated carbocycles. The Balaban J connectivity index is 1.59. The highest BCUT2D eigenvalue weighted by Gasteiger charge is 2.46. The lowest BCUT2D eigenvalue weighted by Crippen LogP contribution is -2.31. The van der Waals surface area contributed by atoms with Gasteiger partial charge in [-0.05, 0) is 11.6 Å². The van der Waals surface area contributed by atoms with E-state index in [1.807, 2.05) is 0 Å². The number of aliphatic carboxylic acids is 1. The lowest BCUT2D eigenvalue weighted by atomic mass is 10.3. The van der Waals surface area contributed by atoms with Gasteiger partial charge in [0.2, 0.25) is 11.2 Å². The van der Waals surface area contributed by atoms with E-state index in [0.29, 0.717) is 19.0 Å². The summed E-state index contributed by atoms with van der Waals surface area (Å²) in [6.07, 6.45) is -0.350. The first-order valence-corrected chi connectivity index (χ1v) is 5.95. The van der Waals surface area contributed by atoms with Gasteiger partial charge in [0.25, 0.3) is 6.29 Å². The van der Waals surface area contributed by atoms with E-state index in [-0.39, 0.29) is 17.5 Å². The average Bonchev–Trinajstić information content (AvgIpc) is 2.86. The first kappa shape index (κ1) is 12.5. The number of hydrogen-bond acceptors (Lipinski definition) is 7.